The molecule has 1 aliphatic rings. The molecule has 0 atom stereocenters. The number of oxazole rings is 1. The van der Waals surface area contributed by atoms with Crippen molar-refractivity contribution in [3.05, 3.63) is 80.9 Å². The molecule has 0 bridgehead atoms. The van der Waals surface area contributed by atoms with Crippen LogP contribution in [0.4, 0.5) is 22.0 Å². The molecule has 0 amide bonds. The van der Waals surface area contributed by atoms with E-state index in [0.717, 1.165) is 11.1 Å². The lowest BCUT2D eigenvalue weighted by molar-refractivity contribution is 0.0990. The van der Waals surface area contributed by atoms with Gasteiger partial charge in [-0.05, 0) is 42.2 Å². The van der Waals surface area contributed by atoms with Crippen molar-refractivity contribution in [2.45, 2.75) is 26.7 Å². The van der Waals surface area contributed by atoms with Crippen molar-refractivity contribution in [2.24, 2.45) is 0 Å². The predicted molar refractivity (Wildman–Crippen MR) is 113 cm³/mol. The molecule has 4 aromatic rings. The largest absolute Gasteiger partial charge is 0.436 e. The number of ketones is 2. The number of fused-ring (bicyclic) bond motifs is 2. The van der Waals surface area contributed by atoms with E-state index in [4.69, 9.17) is 8.83 Å². The molecular formula is C25H14F5NO4. The van der Waals surface area contributed by atoms with Crippen LogP contribution in [0.3, 0.4) is 0 Å². The van der Waals surface area contributed by atoms with Crippen molar-refractivity contribution >= 4 is 28.9 Å². The van der Waals surface area contributed by atoms with E-state index in [-0.39, 0.29) is 33.8 Å². The van der Waals surface area contributed by atoms with Crippen LogP contribution in [0.15, 0.2) is 32.6 Å². The van der Waals surface area contributed by atoms with Crippen LogP contribution < -0.4 is 0 Å². The third kappa shape index (κ3) is 3.31. The van der Waals surface area contributed by atoms with Crippen LogP contribution in [0.1, 0.15) is 51.5 Å². The van der Waals surface area contributed by atoms with Gasteiger partial charge in [-0.3, -0.25) is 9.59 Å². The maximum absolute atomic E-state index is 14.1. The molecule has 35 heavy (non-hydrogen) atoms. The van der Waals surface area contributed by atoms with Crippen molar-refractivity contribution in [3.8, 4) is 11.5 Å². The van der Waals surface area contributed by atoms with Crippen LogP contribution >= 0.6 is 0 Å². The van der Waals surface area contributed by atoms with Crippen LogP contribution in [0, 0.1) is 29.1 Å². The van der Waals surface area contributed by atoms with Crippen molar-refractivity contribution in [1.82, 2.24) is 4.98 Å². The number of furan rings is 1. The van der Waals surface area contributed by atoms with Crippen LogP contribution in [-0.2, 0) is 12.8 Å². The molecule has 0 N–H and O–H groups in total. The van der Waals surface area contributed by atoms with E-state index in [1.54, 1.807) is 12.1 Å². The first-order valence-corrected chi connectivity index (χ1v) is 10.5. The zero-order valence-electron chi connectivity index (χ0n) is 18.2. The van der Waals surface area contributed by atoms with Crippen molar-refractivity contribution in [3.63, 3.8) is 0 Å². The van der Waals surface area contributed by atoms with Crippen LogP contribution in [-0.4, -0.2) is 16.6 Å². The summed E-state index contributed by atoms with van der Waals surface area (Å²) in [4.78, 5) is 29.4. The number of aryl methyl sites for hydroxylation is 2. The second kappa shape index (κ2) is 8.00. The topological polar surface area (TPSA) is 73.3 Å². The predicted octanol–water partition coefficient (Wildman–Crippen LogP) is 6.37. The summed E-state index contributed by atoms with van der Waals surface area (Å²) in [5.74, 6) is -12.7. The highest BCUT2D eigenvalue weighted by atomic mass is 19.2. The minimum atomic E-state index is -2.31. The first kappa shape index (κ1) is 22.7. The minimum absolute atomic E-state index is 0.0221. The highest BCUT2D eigenvalue weighted by molar-refractivity contribution is 6.41. The Hall–Kier alpha value is -4.08. The highest BCUT2D eigenvalue weighted by Gasteiger charge is 2.35. The summed E-state index contributed by atoms with van der Waals surface area (Å²) in [6, 6.07) is 4.60. The first-order valence-electron chi connectivity index (χ1n) is 10.5. The number of Topliss-reactive ketones (excluding diaryl/α,β-unsaturated/α-hetero) is 2. The molecule has 0 aliphatic heterocycles. The SMILES string of the molecule is CCc1cc2c(cc1CC)C(=O)C(=Cc1cc3oc(-c4c(F)c(F)c(F)c(F)c4F)nc3o1)C2=O. The second-order valence-corrected chi connectivity index (χ2v) is 7.87. The molecule has 2 aromatic heterocycles. The second-order valence-electron chi connectivity index (χ2n) is 7.87. The van der Waals surface area contributed by atoms with Gasteiger partial charge in [-0.1, -0.05) is 13.8 Å². The van der Waals surface area contributed by atoms with Gasteiger partial charge in [0.2, 0.25) is 11.7 Å². The standard InChI is InChI=1S/C25H14F5NO4/c1-3-9-5-12-13(6-10(9)4-2)23(33)14(22(12)32)7-11-8-15-24(34-11)31-25(35-15)16-17(26)19(28)21(30)20(29)18(16)27/h5-8H,3-4H2,1-2H3. The van der Waals surface area contributed by atoms with Gasteiger partial charge in [-0.2, -0.15) is 4.98 Å². The Balaban J connectivity index is 1.54. The van der Waals surface area contributed by atoms with Crippen LogP contribution in [0.2, 0.25) is 0 Å². The Bertz CT molecular complexity index is 1510. The van der Waals surface area contributed by atoms with Crippen LogP contribution in [0.5, 0.6) is 0 Å². The number of benzene rings is 2. The molecule has 0 fully saturated rings. The van der Waals surface area contributed by atoms with Crippen molar-refractivity contribution in [1.29, 1.82) is 0 Å². The molecular weight excluding hydrogens is 473 g/mol. The Morgan fingerprint density at radius 3 is 1.77 bits per heavy atom. The van der Waals surface area contributed by atoms with Gasteiger partial charge >= 0.3 is 0 Å². The number of rotatable bonds is 4. The van der Waals surface area contributed by atoms with E-state index in [9.17, 15) is 31.5 Å². The van der Waals surface area contributed by atoms with Gasteiger partial charge < -0.3 is 8.83 Å². The highest BCUT2D eigenvalue weighted by Crippen LogP contribution is 2.35. The minimum Gasteiger partial charge on any atom is -0.436 e. The van der Waals surface area contributed by atoms with Gasteiger partial charge in [0.1, 0.15) is 11.3 Å². The molecule has 0 unspecified atom stereocenters. The van der Waals surface area contributed by atoms with E-state index in [1.807, 2.05) is 13.8 Å². The van der Waals surface area contributed by atoms with E-state index in [2.05, 4.69) is 4.98 Å². The maximum Gasteiger partial charge on any atom is 0.266 e. The van der Waals surface area contributed by atoms with Gasteiger partial charge in [-0.25, -0.2) is 22.0 Å². The summed E-state index contributed by atoms with van der Waals surface area (Å²) in [5, 5.41) is 0. The first-order chi connectivity index (χ1) is 16.7. The number of halogens is 5. The molecule has 0 saturated carbocycles. The Kier molecular flexibility index (Phi) is 5.19. The van der Waals surface area contributed by atoms with Crippen molar-refractivity contribution < 1.29 is 40.4 Å². The molecule has 10 heteroatoms. The Labute approximate surface area is 193 Å². The van der Waals surface area contributed by atoms with E-state index < -0.39 is 52.1 Å². The molecule has 5 rings (SSSR count). The van der Waals surface area contributed by atoms with Gasteiger partial charge in [0.15, 0.2) is 40.4 Å². The number of hydrogen-bond acceptors (Lipinski definition) is 5. The summed E-state index contributed by atoms with van der Waals surface area (Å²) in [7, 11) is 0. The fourth-order valence-corrected chi connectivity index (χ4v) is 4.11. The van der Waals surface area contributed by atoms with Crippen molar-refractivity contribution in [2.75, 3.05) is 0 Å². The van der Waals surface area contributed by atoms with Gasteiger partial charge in [0.05, 0.1) is 5.57 Å². The quantitative estimate of drug-likeness (QED) is 0.110. The number of carbonyl (C=O) groups excluding carboxylic acids is 2. The molecule has 5 nitrogen and oxygen atoms in total. The smallest absolute Gasteiger partial charge is 0.266 e. The lowest BCUT2D eigenvalue weighted by Gasteiger charge is -2.07. The molecule has 1 aliphatic carbocycles. The average molecular weight is 487 g/mol. The molecule has 0 spiro atoms. The average Bonchev–Trinajstić information content (AvgIpc) is 3.47. The zero-order valence-corrected chi connectivity index (χ0v) is 18.2. The molecule has 0 saturated heterocycles. The molecule has 0 radical (unpaired) electrons. The maximum atomic E-state index is 14.1. The Morgan fingerprint density at radius 1 is 0.771 bits per heavy atom. The van der Waals surface area contributed by atoms with E-state index in [1.165, 1.54) is 12.1 Å². The number of allylic oxidation sites excluding steroid dienone is 1. The monoisotopic (exact) mass is 487 g/mol. The van der Waals surface area contributed by atoms with Gasteiger partial charge in [0.25, 0.3) is 5.71 Å². The number of aromatic nitrogens is 1. The fourth-order valence-electron chi connectivity index (χ4n) is 4.11. The summed E-state index contributed by atoms with van der Waals surface area (Å²) in [5.41, 5.74) is 0.507. The third-order valence-electron chi connectivity index (χ3n) is 5.90. The Morgan fingerprint density at radius 2 is 1.29 bits per heavy atom. The summed E-state index contributed by atoms with van der Waals surface area (Å²) in [6.45, 7) is 3.90. The third-order valence-corrected chi connectivity index (χ3v) is 5.90. The lowest BCUT2D eigenvalue weighted by Crippen LogP contribution is -2.04. The van der Waals surface area contributed by atoms with Gasteiger partial charge in [-0.15, -0.1) is 0 Å². The number of hydrogen-bond donors (Lipinski definition) is 0. The number of nitrogens with zero attached hydrogens (tertiary/aromatic N) is 1. The summed E-state index contributed by atoms with van der Waals surface area (Å²) >= 11 is 0. The molecule has 2 aromatic carbocycles. The molecule has 178 valence electrons. The zero-order chi connectivity index (χ0) is 25.2. The fraction of sp³-hybridized carbons (Fsp3) is 0.160. The number of carbonyl (C=O) groups is 2. The van der Waals surface area contributed by atoms with E-state index in [0.29, 0.717) is 12.8 Å². The molecule has 2 heterocycles. The summed E-state index contributed by atoms with van der Waals surface area (Å²) < 4.78 is 79.0. The lowest BCUT2D eigenvalue weighted by atomic mass is 9.96. The van der Waals surface area contributed by atoms with E-state index >= 15 is 0 Å². The normalized spacial score (nSPS) is 13.3. The van der Waals surface area contributed by atoms with Crippen LogP contribution in [0.25, 0.3) is 28.8 Å². The van der Waals surface area contributed by atoms with Gasteiger partial charge in [0, 0.05) is 17.2 Å². The summed E-state index contributed by atoms with van der Waals surface area (Å²) in [6.07, 6.45) is 2.59.